The highest BCUT2D eigenvalue weighted by molar-refractivity contribution is 5.33. The van der Waals surface area contributed by atoms with Crippen LogP contribution in [0.5, 0.6) is 5.88 Å². The van der Waals surface area contributed by atoms with Gasteiger partial charge in [-0.05, 0) is 6.42 Å². The molecule has 0 saturated carbocycles. The van der Waals surface area contributed by atoms with Gasteiger partial charge in [-0.3, -0.25) is 0 Å². The van der Waals surface area contributed by atoms with Crippen LogP contribution in [-0.4, -0.2) is 16.6 Å². The molecule has 0 aliphatic rings. The van der Waals surface area contributed by atoms with E-state index in [1.165, 1.54) is 6.07 Å². The molecule has 4 nitrogen and oxygen atoms in total. The van der Waals surface area contributed by atoms with Gasteiger partial charge in [0.15, 0.2) is 0 Å². The topological polar surface area (TPSA) is 61.0 Å². The van der Waals surface area contributed by atoms with E-state index in [1.807, 2.05) is 0 Å². The number of nitrogens with two attached hydrogens (primary N) is 1. The lowest BCUT2D eigenvalue weighted by Crippen LogP contribution is -2.13. The summed E-state index contributed by atoms with van der Waals surface area (Å²) < 4.78 is 42.3. The van der Waals surface area contributed by atoms with Crippen LogP contribution in [0.15, 0.2) is 6.07 Å². The lowest BCUT2D eigenvalue weighted by atomic mass is 10.2. The second kappa shape index (κ2) is 6.42. The molecule has 0 fully saturated rings. The number of aromatic nitrogens is 2. The van der Waals surface area contributed by atoms with Crippen molar-refractivity contribution >= 4 is 5.82 Å². The normalized spacial score (nSPS) is 11.6. The predicted molar refractivity (Wildman–Crippen MR) is 61.1 cm³/mol. The van der Waals surface area contributed by atoms with Crippen molar-refractivity contribution in [1.29, 1.82) is 0 Å². The maximum absolute atomic E-state index is 12.4. The maximum atomic E-state index is 12.4. The Balaban J connectivity index is 2.58. The molecule has 1 aromatic rings. The van der Waals surface area contributed by atoms with Gasteiger partial charge in [0.1, 0.15) is 5.82 Å². The first-order valence-electron chi connectivity index (χ1n) is 5.78. The zero-order chi connectivity index (χ0) is 13.6. The van der Waals surface area contributed by atoms with Crippen molar-refractivity contribution in [2.75, 3.05) is 12.3 Å². The molecule has 1 rings (SSSR count). The summed E-state index contributed by atoms with van der Waals surface area (Å²) in [6.07, 6.45) is -0.709. The van der Waals surface area contributed by atoms with Crippen LogP contribution in [0.1, 0.15) is 38.4 Å². The first kappa shape index (κ1) is 14.5. The summed E-state index contributed by atoms with van der Waals surface area (Å²) in [4.78, 5) is 6.41. The van der Waals surface area contributed by atoms with Crippen LogP contribution in [0, 0.1) is 0 Å². The zero-order valence-corrected chi connectivity index (χ0v) is 10.1. The molecule has 0 saturated heterocycles. The first-order chi connectivity index (χ1) is 8.43. The number of ether oxygens (including phenoxy) is 1. The Morgan fingerprint density at radius 3 is 2.56 bits per heavy atom. The van der Waals surface area contributed by atoms with Gasteiger partial charge in [0.05, 0.1) is 6.61 Å². The van der Waals surface area contributed by atoms with Gasteiger partial charge in [-0.1, -0.05) is 26.2 Å². The fraction of sp³-hybridized carbons (Fsp3) is 0.636. The Labute approximate surface area is 103 Å². The van der Waals surface area contributed by atoms with Gasteiger partial charge >= 0.3 is 6.18 Å². The summed E-state index contributed by atoms with van der Waals surface area (Å²) >= 11 is 0. The Morgan fingerprint density at radius 2 is 1.94 bits per heavy atom. The number of hydrogen-bond acceptors (Lipinski definition) is 4. The molecule has 18 heavy (non-hydrogen) atoms. The third kappa shape index (κ3) is 4.77. The van der Waals surface area contributed by atoms with Crippen molar-refractivity contribution in [3.8, 4) is 5.88 Å². The largest absolute Gasteiger partial charge is 0.478 e. The SMILES string of the molecule is CCCCCCOc1cc(N)nc(C(F)(F)F)n1. The Hall–Kier alpha value is -1.53. The molecule has 0 aliphatic carbocycles. The standard InChI is InChI=1S/C11H16F3N3O/c1-2-3-4-5-6-18-9-7-8(15)16-10(17-9)11(12,13)14/h7H,2-6H2,1H3,(H2,15,16,17). The third-order valence-corrected chi connectivity index (χ3v) is 2.22. The average molecular weight is 263 g/mol. The smallest absolute Gasteiger partial charge is 0.451 e. The van der Waals surface area contributed by atoms with E-state index in [-0.39, 0.29) is 11.7 Å². The van der Waals surface area contributed by atoms with E-state index in [9.17, 15) is 13.2 Å². The monoisotopic (exact) mass is 263 g/mol. The minimum absolute atomic E-state index is 0.133. The number of nitrogen functional groups attached to an aromatic ring is 1. The maximum Gasteiger partial charge on any atom is 0.451 e. The lowest BCUT2D eigenvalue weighted by Gasteiger charge is -2.09. The summed E-state index contributed by atoms with van der Waals surface area (Å²) in [6.45, 7) is 2.40. The highest BCUT2D eigenvalue weighted by Gasteiger charge is 2.35. The second-order valence-corrected chi connectivity index (χ2v) is 3.86. The first-order valence-corrected chi connectivity index (χ1v) is 5.78. The quantitative estimate of drug-likeness (QED) is 0.801. The van der Waals surface area contributed by atoms with E-state index in [4.69, 9.17) is 10.5 Å². The number of alkyl halides is 3. The van der Waals surface area contributed by atoms with E-state index < -0.39 is 12.0 Å². The Kier molecular flexibility index (Phi) is 5.18. The van der Waals surface area contributed by atoms with Gasteiger partial charge in [-0.15, -0.1) is 0 Å². The molecule has 0 aliphatic heterocycles. The number of hydrogen-bond donors (Lipinski definition) is 1. The molecule has 0 spiro atoms. The molecule has 0 bridgehead atoms. The van der Waals surface area contributed by atoms with Crippen molar-refractivity contribution in [3.63, 3.8) is 0 Å². The highest BCUT2D eigenvalue weighted by Crippen LogP contribution is 2.28. The number of nitrogens with zero attached hydrogens (tertiary/aromatic N) is 2. The van der Waals surface area contributed by atoms with Crippen molar-refractivity contribution in [2.24, 2.45) is 0 Å². The van der Waals surface area contributed by atoms with E-state index in [2.05, 4.69) is 16.9 Å². The van der Waals surface area contributed by atoms with Crippen molar-refractivity contribution < 1.29 is 17.9 Å². The van der Waals surface area contributed by atoms with Gasteiger partial charge in [0.25, 0.3) is 0 Å². The number of halogens is 3. The summed E-state index contributed by atoms with van der Waals surface area (Å²) in [7, 11) is 0. The molecule has 2 N–H and O–H groups in total. The van der Waals surface area contributed by atoms with Gasteiger partial charge in [-0.25, -0.2) is 4.98 Å². The molecular weight excluding hydrogens is 247 g/mol. The molecule has 1 aromatic heterocycles. The summed E-state index contributed by atoms with van der Waals surface area (Å²) in [5.41, 5.74) is 5.28. The van der Waals surface area contributed by atoms with Crippen molar-refractivity contribution in [1.82, 2.24) is 9.97 Å². The van der Waals surface area contributed by atoms with Crippen LogP contribution in [0.3, 0.4) is 0 Å². The van der Waals surface area contributed by atoms with Crippen molar-refractivity contribution in [3.05, 3.63) is 11.9 Å². The van der Waals surface area contributed by atoms with Crippen LogP contribution in [0.25, 0.3) is 0 Å². The van der Waals surface area contributed by atoms with E-state index in [0.29, 0.717) is 6.61 Å². The number of unbranched alkanes of at least 4 members (excludes halogenated alkanes) is 3. The van der Waals surface area contributed by atoms with E-state index >= 15 is 0 Å². The summed E-state index contributed by atoms with van der Waals surface area (Å²) in [6, 6.07) is 1.19. The minimum Gasteiger partial charge on any atom is -0.478 e. The van der Waals surface area contributed by atoms with Crippen LogP contribution in [0.4, 0.5) is 19.0 Å². The van der Waals surface area contributed by atoms with Gasteiger partial charge in [0, 0.05) is 6.07 Å². The minimum atomic E-state index is -4.62. The Morgan fingerprint density at radius 1 is 1.22 bits per heavy atom. The van der Waals surface area contributed by atoms with Gasteiger partial charge < -0.3 is 10.5 Å². The summed E-state index contributed by atoms with van der Waals surface area (Å²) in [5, 5.41) is 0. The number of anilines is 1. The molecule has 0 unspecified atom stereocenters. The zero-order valence-electron chi connectivity index (χ0n) is 10.1. The number of rotatable bonds is 6. The van der Waals surface area contributed by atoms with Crippen LogP contribution in [0.2, 0.25) is 0 Å². The molecule has 0 atom stereocenters. The summed E-state index contributed by atoms with van der Waals surface area (Å²) in [5.74, 6) is -1.65. The predicted octanol–water partition coefficient (Wildman–Crippen LogP) is 3.04. The van der Waals surface area contributed by atoms with Gasteiger partial charge in [0.2, 0.25) is 11.7 Å². The van der Waals surface area contributed by atoms with E-state index in [1.54, 1.807) is 0 Å². The molecular formula is C11H16F3N3O. The molecule has 0 aromatic carbocycles. The second-order valence-electron chi connectivity index (χ2n) is 3.86. The average Bonchev–Trinajstić information content (AvgIpc) is 2.27. The third-order valence-electron chi connectivity index (χ3n) is 2.22. The fourth-order valence-electron chi connectivity index (χ4n) is 1.35. The lowest BCUT2D eigenvalue weighted by molar-refractivity contribution is -0.145. The van der Waals surface area contributed by atoms with Crippen LogP contribution < -0.4 is 10.5 Å². The molecule has 0 radical (unpaired) electrons. The van der Waals surface area contributed by atoms with Crippen LogP contribution in [-0.2, 0) is 6.18 Å². The Bertz CT molecular complexity index is 382. The van der Waals surface area contributed by atoms with Crippen LogP contribution >= 0.6 is 0 Å². The molecule has 0 amide bonds. The molecule has 7 heteroatoms. The van der Waals surface area contributed by atoms with Gasteiger partial charge in [-0.2, -0.15) is 18.2 Å². The van der Waals surface area contributed by atoms with E-state index in [0.717, 1.165) is 25.7 Å². The highest BCUT2D eigenvalue weighted by atomic mass is 19.4. The fourth-order valence-corrected chi connectivity index (χ4v) is 1.35. The molecule has 1 heterocycles. The van der Waals surface area contributed by atoms with Crippen molar-refractivity contribution in [2.45, 2.75) is 38.8 Å². The molecule has 102 valence electrons.